The van der Waals surface area contributed by atoms with Gasteiger partial charge >= 0.3 is 0 Å². The first kappa shape index (κ1) is 12.0. The molecule has 1 aromatic rings. The van der Waals surface area contributed by atoms with Gasteiger partial charge in [-0.05, 0) is 12.1 Å². The molecular weight excluding hydrogens is 208 g/mol. The van der Waals surface area contributed by atoms with E-state index >= 15 is 0 Å². The van der Waals surface area contributed by atoms with Gasteiger partial charge in [0.2, 0.25) is 11.7 Å². The maximum Gasteiger partial charge on any atom is 0.245 e. The van der Waals surface area contributed by atoms with Crippen LogP contribution < -0.4 is 5.32 Å². The molecular formula is C11H12N2O3. The highest BCUT2D eigenvalue weighted by molar-refractivity contribution is 6.10. The van der Waals surface area contributed by atoms with Crippen molar-refractivity contribution in [2.24, 2.45) is 5.92 Å². The summed E-state index contributed by atoms with van der Waals surface area (Å²) in [7, 11) is 1.37. The van der Waals surface area contributed by atoms with Crippen molar-refractivity contribution in [1.29, 1.82) is 5.26 Å². The van der Waals surface area contributed by atoms with Crippen molar-refractivity contribution in [1.82, 2.24) is 5.32 Å². The Balaban J connectivity index is 2.92. The highest BCUT2D eigenvalue weighted by Crippen LogP contribution is 2.13. The van der Waals surface area contributed by atoms with Gasteiger partial charge in [-0.15, -0.1) is 0 Å². The smallest absolute Gasteiger partial charge is 0.245 e. The fraction of sp³-hybridized carbons (Fsp3) is 0.364. The summed E-state index contributed by atoms with van der Waals surface area (Å²) in [6.45, 7) is 1.88. The molecule has 0 aliphatic heterocycles. The van der Waals surface area contributed by atoms with Crippen LogP contribution in [-0.4, -0.2) is 18.7 Å². The second-order valence-corrected chi connectivity index (χ2v) is 3.16. The van der Waals surface area contributed by atoms with Gasteiger partial charge in [-0.1, -0.05) is 6.92 Å². The van der Waals surface area contributed by atoms with Crippen molar-refractivity contribution in [3.05, 3.63) is 23.7 Å². The number of nitrogens with zero attached hydrogens (tertiary/aromatic N) is 1. The lowest BCUT2D eigenvalue weighted by atomic mass is 10.0. The normalized spacial score (nSPS) is 11.6. The molecule has 1 N–H and O–H groups in total. The largest absolute Gasteiger partial charge is 0.458 e. The predicted molar refractivity (Wildman–Crippen MR) is 55.6 cm³/mol. The van der Waals surface area contributed by atoms with Crippen LogP contribution in [0, 0.1) is 17.2 Å². The number of carbonyl (C=O) groups excluding carboxylic acids is 2. The lowest BCUT2D eigenvalue weighted by Gasteiger charge is -2.03. The predicted octanol–water partition coefficient (Wildman–Crippen LogP) is 0.910. The summed E-state index contributed by atoms with van der Waals surface area (Å²) in [5.74, 6) is -1.88. The Labute approximate surface area is 93.0 Å². The van der Waals surface area contributed by atoms with Gasteiger partial charge in [0.15, 0.2) is 11.7 Å². The molecule has 0 spiro atoms. The molecule has 0 bridgehead atoms. The van der Waals surface area contributed by atoms with E-state index in [4.69, 9.17) is 9.68 Å². The van der Waals surface area contributed by atoms with E-state index in [0.29, 0.717) is 12.2 Å². The Kier molecular flexibility index (Phi) is 3.84. The maximum absolute atomic E-state index is 11.7. The van der Waals surface area contributed by atoms with Crippen LogP contribution in [0.3, 0.4) is 0 Å². The van der Waals surface area contributed by atoms with Crippen LogP contribution in [-0.2, 0) is 11.2 Å². The van der Waals surface area contributed by atoms with E-state index in [9.17, 15) is 9.59 Å². The number of ketones is 1. The zero-order chi connectivity index (χ0) is 12.1. The average molecular weight is 220 g/mol. The molecule has 0 aliphatic carbocycles. The molecule has 1 aromatic heterocycles. The number of nitriles is 1. The minimum Gasteiger partial charge on any atom is -0.458 e. The lowest BCUT2D eigenvalue weighted by molar-refractivity contribution is -0.121. The van der Waals surface area contributed by atoms with Crippen LogP contribution in [0.4, 0.5) is 0 Å². The number of nitrogens with one attached hydrogen (secondary N) is 1. The van der Waals surface area contributed by atoms with E-state index in [0.717, 1.165) is 0 Å². The molecule has 84 valence electrons. The lowest BCUT2D eigenvalue weighted by Crippen LogP contribution is -2.31. The summed E-state index contributed by atoms with van der Waals surface area (Å²) >= 11 is 0. The summed E-state index contributed by atoms with van der Waals surface area (Å²) < 4.78 is 5.19. The van der Waals surface area contributed by atoms with E-state index in [1.54, 1.807) is 12.1 Å². The highest BCUT2D eigenvalue weighted by Gasteiger charge is 2.28. The second-order valence-electron chi connectivity index (χ2n) is 3.16. The zero-order valence-electron chi connectivity index (χ0n) is 9.11. The second kappa shape index (κ2) is 5.12. The third-order valence-corrected chi connectivity index (χ3v) is 2.15. The minimum absolute atomic E-state index is 0.0481. The quantitative estimate of drug-likeness (QED) is 0.603. The van der Waals surface area contributed by atoms with E-state index in [1.165, 1.54) is 13.1 Å². The van der Waals surface area contributed by atoms with Gasteiger partial charge in [-0.3, -0.25) is 9.59 Å². The molecule has 0 aliphatic rings. The van der Waals surface area contributed by atoms with Gasteiger partial charge in [-0.2, -0.15) is 5.26 Å². The maximum atomic E-state index is 11.7. The number of rotatable bonds is 4. The number of hydrogen-bond donors (Lipinski definition) is 1. The summed E-state index contributed by atoms with van der Waals surface area (Å²) in [5, 5.41) is 11.0. The molecule has 0 aromatic carbocycles. The van der Waals surface area contributed by atoms with Crippen molar-refractivity contribution in [2.45, 2.75) is 13.3 Å². The van der Waals surface area contributed by atoms with E-state index in [-0.39, 0.29) is 5.76 Å². The highest BCUT2D eigenvalue weighted by atomic mass is 16.3. The molecule has 0 saturated carbocycles. The fourth-order valence-electron chi connectivity index (χ4n) is 1.22. The van der Waals surface area contributed by atoms with Crippen molar-refractivity contribution in [3.63, 3.8) is 0 Å². The number of carbonyl (C=O) groups is 2. The number of Topliss-reactive ketones (excluding diaryl/α,β-unsaturated/α-hetero) is 1. The molecule has 0 radical (unpaired) electrons. The van der Waals surface area contributed by atoms with Crippen LogP contribution in [0.5, 0.6) is 0 Å². The Morgan fingerprint density at radius 3 is 2.69 bits per heavy atom. The first-order valence-corrected chi connectivity index (χ1v) is 4.88. The van der Waals surface area contributed by atoms with Crippen LogP contribution >= 0.6 is 0 Å². The van der Waals surface area contributed by atoms with E-state index in [1.807, 2.05) is 6.92 Å². The molecule has 16 heavy (non-hydrogen) atoms. The Bertz CT molecular complexity index is 442. The first-order valence-electron chi connectivity index (χ1n) is 4.88. The van der Waals surface area contributed by atoms with Crippen LogP contribution in [0.15, 0.2) is 16.5 Å². The number of amides is 1. The number of aryl methyl sites for hydroxylation is 1. The fourth-order valence-corrected chi connectivity index (χ4v) is 1.22. The molecule has 0 saturated heterocycles. The van der Waals surface area contributed by atoms with Gasteiger partial charge in [0.1, 0.15) is 5.76 Å². The molecule has 1 amide bonds. The van der Waals surface area contributed by atoms with E-state index < -0.39 is 17.6 Å². The van der Waals surface area contributed by atoms with E-state index in [2.05, 4.69) is 5.32 Å². The summed E-state index contributed by atoms with van der Waals surface area (Å²) in [5.41, 5.74) is 0. The SMILES string of the molecule is CCc1ccc(C(=O)C(C#N)C(=O)NC)o1. The molecule has 1 heterocycles. The summed E-state index contributed by atoms with van der Waals surface area (Å²) in [6, 6.07) is 4.80. The molecule has 1 unspecified atom stereocenters. The Hall–Kier alpha value is -2.09. The zero-order valence-corrected chi connectivity index (χ0v) is 9.11. The Morgan fingerprint density at radius 2 is 2.25 bits per heavy atom. The van der Waals surface area contributed by atoms with Crippen molar-refractivity contribution >= 4 is 11.7 Å². The van der Waals surface area contributed by atoms with Gasteiger partial charge in [0, 0.05) is 13.5 Å². The average Bonchev–Trinajstić information content (AvgIpc) is 2.78. The standard InChI is InChI=1S/C11H12N2O3/c1-3-7-4-5-9(16-7)10(14)8(6-12)11(15)13-2/h4-5,8H,3H2,1-2H3,(H,13,15). The van der Waals surface area contributed by atoms with Crippen LogP contribution in [0.25, 0.3) is 0 Å². The third kappa shape index (κ3) is 2.28. The van der Waals surface area contributed by atoms with Gasteiger partial charge in [-0.25, -0.2) is 0 Å². The van der Waals surface area contributed by atoms with Crippen LogP contribution in [0.1, 0.15) is 23.2 Å². The monoisotopic (exact) mass is 220 g/mol. The molecule has 0 fully saturated rings. The third-order valence-electron chi connectivity index (χ3n) is 2.15. The summed E-state index contributed by atoms with van der Waals surface area (Å²) in [4.78, 5) is 23.0. The molecule has 1 rings (SSSR count). The van der Waals surface area contributed by atoms with Crippen molar-refractivity contribution in [2.75, 3.05) is 7.05 Å². The topological polar surface area (TPSA) is 83.1 Å². The molecule has 5 nitrogen and oxygen atoms in total. The van der Waals surface area contributed by atoms with Gasteiger partial charge in [0.25, 0.3) is 0 Å². The van der Waals surface area contributed by atoms with Gasteiger partial charge in [0.05, 0.1) is 6.07 Å². The van der Waals surface area contributed by atoms with Crippen molar-refractivity contribution < 1.29 is 14.0 Å². The number of furan rings is 1. The molecule has 1 atom stereocenters. The van der Waals surface area contributed by atoms with Gasteiger partial charge < -0.3 is 9.73 Å². The van der Waals surface area contributed by atoms with Crippen molar-refractivity contribution in [3.8, 4) is 6.07 Å². The first-order chi connectivity index (χ1) is 7.63. The molecule has 5 heteroatoms. The minimum atomic E-state index is -1.35. The summed E-state index contributed by atoms with van der Waals surface area (Å²) in [6.07, 6.45) is 0.657. The van der Waals surface area contributed by atoms with Crippen LogP contribution in [0.2, 0.25) is 0 Å². The number of hydrogen-bond acceptors (Lipinski definition) is 4. The Morgan fingerprint density at radius 1 is 1.56 bits per heavy atom.